The molecule has 3 heteroatoms. The number of rotatable bonds is 6. The van der Waals surface area contributed by atoms with Crippen LogP contribution in [0.2, 0.25) is 0 Å². The molecule has 1 rings (SSSR count). The second-order valence-corrected chi connectivity index (χ2v) is 5.08. The smallest absolute Gasteiger partial charge is 0.0613 e. The Labute approximate surface area is 93.9 Å². The molecule has 90 valence electrons. The standard InChI is InChI=1S/C12H26N2O/c1-14(2)10-6-9-13-12(11-15)7-4-3-5-8-12/h13,15H,3-11H2,1-2H3. The average molecular weight is 214 g/mol. The van der Waals surface area contributed by atoms with Gasteiger partial charge in [0.1, 0.15) is 0 Å². The molecule has 3 nitrogen and oxygen atoms in total. The molecule has 0 unspecified atom stereocenters. The highest BCUT2D eigenvalue weighted by Crippen LogP contribution is 2.27. The van der Waals surface area contributed by atoms with Crippen LogP contribution in [0.15, 0.2) is 0 Å². The van der Waals surface area contributed by atoms with Gasteiger partial charge in [-0.25, -0.2) is 0 Å². The first kappa shape index (κ1) is 12.9. The third-order valence-corrected chi connectivity index (χ3v) is 3.40. The van der Waals surface area contributed by atoms with Crippen molar-refractivity contribution in [1.82, 2.24) is 10.2 Å². The van der Waals surface area contributed by atoms with E-state index < -0.39 is 0 Å². The van der Waals surface area contributed by atoms with Crippen LogP contribution in [0.25, 0.3) is 0 Å². The Morgan fingerprint density at radius 1 is 1.20 bits per heavy atom. The maximum absolute atomic E-state index is 9.48. The highest BCUT2D eigenvalue weighted by molar-refractivity contribution is 4.90. The Morgan fingerprint density at radius 3 is 2.40 bits per heavy atom. The quantitative estimate of drug-likeness (QED) is 0.653. The van der Waals surface area contributed by atoms with Crippen molar-refractivity contribution in [2.45, 2.75) is 44.1 Å². The van der Waals surface area contributed by atoms with Crippen LogP contribution < -0.4 is 5.32 Å². The number of nitrogens with zero attached hydrogens (tertiary/aromatic N) is 1. The first-order chi connectivity index (χ1) is 7.18. The van der Waals surface area contributed by atoms with Crippen LogP contribution >= 0.6 is 0 Å². The summed E-state index contributed by atoms with van der Waals surface area (Å²) in [6.45, 7) is 2.45. The molecule has 1 fully saturated rings. The molecule has 0 aromatic heterocycles. The lowest BCUT2D eigenvalue weighted by Crippen LogP contribution is -2.50. The van der Waals surface area contributed by atoms with E-state index in [4.69, 9.17) is 0 Å². The zero-order chi connectivity index (χ0) is 11.1. The van der Waals surface area contributed by atoms with Crippen molar-refractivity contribution in [1.29, 1.82) is 0 Å². The zero-order valence-electron chi connectivity index (χ0n) is 10.3. The van der Waals surface area contributed by atoms with Crippen LogP contribution in [-0.4, -0.2) is 49.3 Å². The molecule has 2 N–H and O–H groups in total. The summed E-state index contributed by atoms with van der Waals surface area (Å²) >= 11 is 0. The molecule has 0 saturated heterocycles. The lowest BCUT2D eigenvalue weighted by Gasteiger charge is -2.36. The van der Waals surface area contributed by atoms with E-state index in [-0.39, 0.29) is 5.54 Å². The van der Waals surface area contributed by atoms with Gasteiger partial charge in [-0.1, -0.05) is 19.3 Å². The summed E-state index contributed by atoms with van der Waals surface area (Å²) in [5.74, 6) is 0. The molecular weight excluding hydrogens is 188 g/mol. The van der Waals surface area contributed by atoms with Crippen molar-refractivity contribution in [2.24, 2.45) is 0 Å². The summed E-state index contributed by atoms with van der Waals surface area (Å²) in [5, 5.41) is 13.0. The zero-order valence-corrected chi connectivity index (χ0v) is 10.3. The van der Waals surface area contributed by atoms with Gasteiger partial charge in [0.15, 0.2) is 0 Å². The molecule has 0 radical (unpaired) electrons. The van der Waals surface area contributed by atoms with E-state index in [2.05, 4.69) is 24.3 Å². The van der Waals surface area contributed by atoms with Gasteiger partial charge in [0, 0.05) is 5.54 Å². The van der Waals surface area contributed by atoms with Gasteiger partial charge in [-0.15, -0.1) is 0 Å². The molecule has 0 atom stereocenters. The summed E-state index contributed by atoms with van der Waals surface area (Å²) < 4.78 is 0. The summed E-state index contributed by atoms with van der Waals surface area (Å²) in [6, 6.07) is 0. The molecule has 0 heterocycles. The Kier molecular flexibility index (Phi) is 5.58. The first-order valence-corrected chi connectivity index (χ1v) is 6.19. The second-order valence-electron chi connectivity index (χ2n) is 5.08. The van der Waals surface area contributed by atoms with Crippen molar-refractivity contribution >= 4 is 0 Å². The van der Waals surface area contributed by atoms with Gasteiger partial charge in [-0.2, -0.15) is 0 Å². The van der Waals surface area contributed by atoms with Crippen LogP contribution in [0.4, 0.5) is 0 Å². The Hall–Kier alpha value is -0.120. The van der Waals surface area contributed by atoms with Crippen LogP contribution in [0.5, 0.6) is 0 Å². The molecule has 0 bridgehead atoms. The topological polar surface area (TPSA) is 35.5 Å². The SMILES string of the molecule is CN(C)CCCNC1(CO)CCCCC1. The number of nitrogens with one attached hydrogen (secondary N) is 1. The molecule has 1 aliphatic carbocycles. The lowest BCUT2D eigenvalue weighted by atomic mass is 9.82. The Morgan fingerprint density at radius 2 is 1.87 bits per heavy atom. The molecule has 0 aromatic rings. The van der Waals surface area contributed by atoms with Crippen molar-refractivity contribution in [2.75, 3.05) is 33.8 Å². The number of aliphatic hydroxyl groups excluding tert-OH is 1. The normalized spacial score (nSPS) is 20.8. The molecule has 15 heavy (non-hydrogen) atoms. The van der Waals surface area contributed by atoms with Gasteiger partial charge in [0.05, 0.1) is 6.61 Å². The van der Waals surface area contributed by atoms with Crippen molar-refractivity contribution in [3.05, 3.63) is 0 Å². The molecular formula is C12H26N2O. The largest absolute Gasteiger partial charge is 0.394 e. The van der Waals surface area contributed by atoms with Gasteiger partial charge in [0.25, 0.3) is 0 Å². The second kappa shape index (κ2) is 6.46. The minimum absolute atomic E-state index is 0.0462. The third-order valence-electron chi connectivity index (χ3n) is 3.40. The minimum atomic E-state index is 0.0462. The fourth-order valence-corrected chi connectivity index (χ4v) is 2.37. The van der Waals surface area contributed by atoms with Gasteiger partial charge in [-0.3, -0.25) is 0 Å². The van der Waals surface area contributed by atoms with E-state index in [1.165, 1.54) is 19.3 Å². The molecule has 1 saturated carbocycles. The van der Waals surface area contributed by atoms with Gasteiger partial charge in [0.2, 0.25) is 0 Å². The highest BCUT2D eigenvalue weighted by atomic mass is 16.3. The Balaban J connectivity index is 2.20. The predicted octanol–water partition coefficient (Wildman–Crippen LogP) is 1.22. The van der Waals surface area contributed by atoms with E-state index >= 15 is 0 Å². The van der Waals surface area contributed by atoms with Crippen LogP contribution in [0.3, 0.4) is 0 Å². The van der Waals surface area contributed by atoms with Gasteiger partial charge >= 0.3 is 0 Å². The van der Waals surface area contributed by atoms with Crippen LogP contribution in [0.1, 0.15) is 38.5 Å². The monoisotopic (exact) mass is 214 g/mol. The van der Waals surface area contributed by atoms with E-state index in [1.807, 2.05) is 0 Å². The minimum Gasteiger partial charge on any atom is -0.394 e. The predicted molar refractivity (Wildman–Crippen MR) is 64.1 cm³/mol. The van der Waals surface area contributed by atoms with E-state index in [0.29, 0.717) is 6.61 Å². The maximum atomic E-state index is 9.48. The Bertz CT molecular complexity index is 165. The van der Waals surface area contributed by atoms with Crippen LogP contribution in [0, 0.1) is 0 Å². The fraction of sp³-hybridized carbons (Fsp3) is 1.00. The summed E-state index contributed by atoms with van der Waals surface area (Å²) in [6.07, 6.45) is 7.31. The van der Waals surface area contributed by atoms with E-state index in [1.54, 1.807) is 0 Å². The summed E-state index contributed by atoms with van der Waals surface area (Å²) in [4.78, 5) is 2.20. The van der Waals surface area contributed by atoms with Crippen molar-refractivity contribution in [3.63, 3.8) is 0 Å². The molecule has 0 amide bonds. The molecule has 0 aromatic carbocycles. The first-order valence-electron chi connectivity index (χ1n) is 6.19. The van der Waals surface area contributed by atoms with Crippen molar-refractivity contribution in [3.8, 4) is 0 Å². The molecule has 1 aliphatic rings. The summed E-state index contributed by atoms with van der Waals surface area (Å²) in [5.41, 5.74) is 0.0462. The third kappa shape index (κ3) is 4.49. The number of hydrogen-bond acceptors (Lipinski definition) is 3. The molecule has 0 aliphatic heterocycles. The lowest BCUT2D eigenvalue weighted by molar-refractivity contribution is 0.120. The average Bonchev–Trinajstić information content (AvgIpc) is 2.26. The highest BCUT2D eigenvalue weighted by Gasteiger charge is 2.30. The van der Waals surface area contributed by atoms with E-state index in [0.717, 1.165) is 32.4 Å². The molecule has 0 spiro atoms. The number of hydrogen-bond donors (Lipinski definition) is 2. The van der Waals surface area contributed by atoms with Gasteiger partial charge < -0.3 is 15.3 Å². The van der Waals surface area contributed by atoms with Crippen LogP contribution in [-0.2, 0) is 0 Å². The van der Waals surface area contributed by atoms with Crippen molar-refractivity contribution < 1.29 is 5.11 Å². The number of aliphatic hydroxyl groups is 1. The summed E-state index contributed by atoms with van der Waals surface area (Å²) in [7, 11) is 4.20. The van der Waals surface area contributed by atoms with Gasteiger partial charge in [-0.05, 0) is 46.4 Å². The maximum Gasteiger partial charge on any atom is 0.0613 e. The fourth-order valence-electron chi connectivity index (χ4n) is 2.37. The van der Waals surface area contributed by atoms with E-state index in [9.17, 15) is 5.11 Å².